The number of rotatable bonds is 4. The molecule has 0 radical (unpaired) electrons. The van der Waals surface area contributed by atoms with Crippen LogP contribution in [0.5, 0.6) is 0 Å². The molecule has 0 aliphatic carbocycles. The van der Waals surface area contributed by atoms with Crippen LogP contribution in [0.2, 0.25) is 13.1 Å². The van der Waals surface area contributed by atoms with E-state index in [1.165, 1.54) is 56.2 Å². The van der Waals surface area contributed by atoms with E-state index in [0.29, 0.717) is 0 Å². The second-order valence-corrected chi connectivity index (χ2v) is 14.4. The van der Waals surface area contributed by atoms with Gasteiger partial charge in [0.15, 0.2) is 0 Å². The third-order valence-corrected chi connectivity index (χ3v) is 10.3. The van der Waals surface area contributed by atoms with Crippen molar-refractivity contribution in [2.45, 2.75) is 13.1 Å². The van der Waals surface area contributed by atoms with Gasteiger partial charge in [0.1, 0.15) is 11.6 Å². The average molecular weight is 615 g/mol. The SMILES string of the molecule is C[Si](C)(c1cc2ccccc2[cH-]1)c1cc2ccccc2[cH-]1.O=C(O)c1ccc(F)cc1.O=C(O)c1ccc(F)cc1.[Ti+2]. The number of fused-ring (bicyclic) bond motifs is 2. The minimum Gasteiger partial charge on any atom is -0.478 e. The summed E-state index contributed by atoms with van der Waals surface area (Å²) in [6, 6.07) is 36.2. The molecule has 0 unspecified atom stereocenters. The molecule has 6 rings (SSSR count). The summed E-state index contributed by atoms with van der Waals surface area (Å²) in [5.74, 6) is -2.94. The molecule has 210 valence electrons. The number of hydrogen-bond donors (Lipinski definition) is 2. The molecule has 0 aliphatic rings. The summed E-state index contributed by atoms with van der Waals surface area (Å²) in [4.78, 5) is 20.4. The number of halogens is 2. The van der Waals surface area contributed by atoms with Crippen molar-refractivity contribution >= 4 is 51.9 Å². The van der Waals surface area contributed by atoms with Crippen LogP contribution in [-0.4, -0.2) is 30.2 Å². The maximum absolute atomic E-state index is 12.2. The zero-order valence-corrected chi connectivity index (χ0v) is 25.6. The maximum Gasteiger partial charge on any atom is 2.00 e. The summed E-state index contributed by atoms with van der Waals surface area (Å²) in [6.45, 7) is 4.91. The van der Waals surface area contributed by atoms with Gasteiger partial charge in [0.2, 0.25) is 0 Å². The van der Waals surface area contributed by atoms with E-state index >= 15 is 0 Å². The molecule has 2 N–H and O–H groups in total. The predicted octanol–water partition coefficient (Wildman–Crippen LogP) is 7.30. The number of carboxylic acids is 2. The molecular weight excluding hydrogens is 586 g/mol. The summed E-state index contributed by atoms with van der Waals surface area (Å²) < 4.78 is 24.3. The molecule has 4 nitrogen and oxygen atoms in total. The van der Waals surface area contributed by atoms with Gasteiger partial charge in [-0.05, 0) is 48.5 Å². The molecule has 0 atom stereocenters. The second-order valence-electron chi connectivity index (χ2n) is 9.99. The molecule has 0 spiro atoms. The standard InChI is InChI=1S/C20H18Si.2C7H5FO2.Ti/c1-21(2,19-11-15-7-3-4-8-16(15)12-19)20-13-17-9-5-6-10-18(17)14-20;2*8-6-3-1-5(2-4-6)7(9)10;/h3-14H,1-2H3;2*1-4H,(H,9,10);/q-2;;;+2. The summed E-state index contributed by atoms with van der Waals surface area (Å²) in [5.41, 5.74) is 0.197. The number of hydrogen-bond acceptors (Lipinski definition) is 2. The quantitative estimate of drug-likeness (QED) is 0.162. The van der Waals surface area contributed by atoms with Crippen molar-refractivity contribution in [3.05, 3.63) is 144 Å². The van der Waals surface area contributed by atoms with Gasteiger partial charge >= 0.3 is 33.7 Å². The minimum atomic E-state index is -1.62. The summed E-state index contributed by atoms with van der Waals surface area (Å²) in [7, 11) is -1.62. The van der Waals surface area contributed by atoms with Crippen LogP contribution in [0.25, 0.3) is 21.5 Å². The summed E-state index contributed by atoms with van der Waals surface area (Å²) in [6.07, 6.45) is 0. The molecule has 0 heterocycles. The minimum absolute atomic E-state index is 0. The van der Waals surface area contributed by atoms with Crippen LogP contribution in [0.4, 0.5) is 8.78 Å². The fourth-order valence-corrected chi connectivity index (χ4v) is 6.77. The molecule has 0 aromatic heterocycles. The molecule has 0 saturated carbocycles. The molecule has 6 aromatic carbocycles. The van der Waals surface area contributed by atoms with E-state index in [9.17, 15) is 18.4 Å². The molecule has 0 amide bonds. The Hall–Kier alpha value is -4.17. The Balaban J connectivity index is 0.000000194. The van der Waals surface area contributed by atoms with E-state index in [4.69, 9.17) is 10.2 Å². The maximum atomic E-state index is 12.2. The van der Waals surface area contributed by atoms with Gasteiger partial charge in [0.25, 0.3) is 0 Å². The molecule has 0 aliphatic heterocycles. The van der Waals surface area contributed by atoms with Gasteiger partial charge in [0, 0.05) is 0 Å². The van der Waals surface area contributed by atoms with E-state index in [1.54, 1.807) is 0 Å². The molecule has 0 fully saturated rings. The van der Waals surface area contributed by atoms with Crippen molar-refractivity contribution in [1.82, 2.24) is 0 Å². The second kappa shape index (κ2) is 14.1. The Morgan fingerprint density at radius 1 is 0.595 bits per heavy atom. The normalized spacial score (nSPS) is 10.6. The smallest absolute Gasteiger partial charge is 0.478 e. The van der Waals surface area contributed by atoms with Crippen molar-refractivity contribution in [3.63, 3.8) is 0 Å². The molecular formula is C34H28F2O4SiTi. The van der Waals surface area contributed by atoms with Crippen molar-refractivity contribution in [1.29, 1.82) is 0 Å². The Morgan fingerprint density at radius 2 is 0.929 bits per heavy atom. The van der Waals surface area contributed by atoms with Crippen LogP contribution in [0.1, 0.15) is 20.7 Å². The van der Waals surface area contributed by atoms with Crippen molar-refractivity contribution in [2.75, 3.05) is 0 Å². The van der Waals surface area contributed by atoms with Crippen molar-refractivity contribution in [2.24, 2.45) is 0 Å². The van der Waals surface area contributed by atoms with Gasteiger partial charge in [-0.15, -0.1) is 69.7 Å². The van der Waals surface area contributed by atoms with Crippen LogP contribution in [0.15, 0.2) is 121 Å². The molecule has 8 heteroatoms. The Bertz CT molecular complexity index is 1590. The third kappa shape index (κ3) is 7.97. The molecule has 0 bridgehead atoms. The van der Waals surface area contributed by atoms with Gasteiger partial charge < -0.3 is 10.2 Å². The number of aromatic carboxylic acids is 2. The number of carbonyl (C=O) groups is 2. The van der Waals surface area contributed by atoms with E-state index in [-0.39, 0.29) is 32.8 Å². The van der Waals surface area contributed by atoms with E-state index in [1.807, 2.05) is 0 Å². The van der Waals surface area contributed by atoms with Crippen LogP contribution in [0.3, 0.4) is 0 Å². The van der Waals surface area contributed by atoms with Gasteiger partial charge in [-0.25, -0.2) is 18.4 Å². The van der Waals surface area contributed by atoms with Gasteiger partial charge in [-0.3, -0.25) is 0 Å². The van der Waals surface area contributed by atoms with Crippen LogP contribution in [0, 0.1) is 11.6 Å². The fraction of sp³-hybridized carbons (Fsp3) is 0.0588. The largest absolute Gasteiger partial charge is 2.00 e. The first kappa shape index (κ1) is 32.3. The van der Waals surface area contributed by atoms with Crippen LogP contribution < -0.4 is 10.4 Å². The first-order chi connectivity index (χ1) is 19.5. The van der Waals surface area contributed by atoms with Gasteiger partial charge in [-0.2, -0.15) is 22.9 Å². The average Bonchev–Trinajstić information content (AvgIpc) is 3.60. The first-order valence-electron chi connectivity index (χ1n) is 12.8. The van der Waals surface area contributed by atoms with E-state index in [2.05, 4.69) is 85.9 Å². The molecule has 6 aromatic rings. The zero-order valence-electron chi connectivity index (χ0n) is 23.0. The Morgan fingerprint density at radius 3 is 1.24 bits per heavy atom. The van der Waals surface area contributed by atoms with E-state index < -0.39 is 31.6 Å². The van der Waals surface area contributed by atoms with Gasteiger partial charge in [0.05, 0.1) is 19.2 Å². The first-order valence-corrected chi connectivity index (χ1v) is 15.8. The van der Waals surface area contributed by atoms with Crippen LogP contribution in [-0.2, 0) is 21.7 Å². The number of carboxylic acid groups (broad SMARTS) is 2. The monoisotopic (exact) mass is 614 g/mol. The Labute approximate surface area is 258 Å². The van der Waals surface area contributed by atoms with E-state index in [0.717, 1.165) is 24.3 Å². The Kier molecular flexibility index (Phi) is 10.9. The summed E-state index contributed by atoms with van der Waals surface area (Å²) in [5, 5.41) is 25.2. The molecule has 0 saturated heterocycles. The van der Waals surface area contributed by atoms with Gasteiger partial charge in [-0.1, -0.05) is 25.2 Å². The fourth-order valence-electron chi connectivity index (χ4n) is 4.37. The summed E-state index contributed by atoms with van der Waals surface area (Å²) >= 11 is 0. The zero-order chi connectivity index (χ0) is 29.6. The number of benzene rings is 4. The molecule has 42 heavy (non-hydrogen) atoms. The predicted molar refractivity (Wildman–Crippen MR) is 163 cm³/mol. The topological polar surface area (TPSA) is 74.6 Å². The van der Waals surface area contributed by atoms with Crippen molar-refractivity contribution in [3.8, 4) is 0 Å². The van der Waals surface area contributed by atoms with Crippen LogP contribution >= 0.6 is 0 Å². The third-order valence-electron chi connectivity index (χ3n) is 6.86. The van der Waals surface area contributed by atoms with Crippen molar-refractivity contribution < 1.29 is 50.3 Å².